The van der Waals surface area contributed by atoms with E-state index < -0.39 is 0 Å². The molecule has 1 rings (SSSR count). The molecule has 0 radical (unpaired) electrons. The first-order valence-corrected chi connectivity index (χ1v) is 3.82. The van der Waals surface area contributed by atoms with Crippen LogP contribution in [0.1, 0.15) is 12.8 Å². The second kappa shape index (κ2) is 3.74. The average molecular weight is 141 g/mol. The molecule has 10 heavy (non-hydrogen) atoms. The molecule has 0 spiro atoms. The number of nitrogens with one attached hydrogen (secondary N) is 1. The van der Waals surface area contributed by atoms with Crippen molar-refractivity contribution in [3.05, 3.63) is 12.2 Å². The Bertz CT molecular complexity index is 122. The molecule has 2 atom stereocenters. The van der Waals surface area contributed by atoms with Gasteiger partial charge >= 0.3 is 0 Å². The average Bonchev–Trinajstić information content (AvgIpc) is 1.88. The second-order valence-corrected chi connectivity index (χ2v) is 2.89. The van der Waals surface area contributed by atoms with Crippen molar-refractivity contribution in [2.45, 2.75) is 18.9 Å². The standard InChI is InChI=1S/C8H15NO/c1-9-6-7-3-2-4-8(10)5-7/h2,4,7-10H,3,5-6H2,1H3. The van der Waals surface area contributed by atoms with E-state index in [2.05, 4.69) is 11.4 Å². The summed E-state index contributed by atoms with van der Waals surface area (Å²) < 4.78 is 0. The number of hydrogen-bond donors (Lipinski definition) is 2. The highest BCUT2D eigenvalue weighted by atomic mass is 16.3. The van der Waals surface area contributed by atoms with Gasteiger partial charge in [0.05, 0.1) is 6.10 Å². The molecule has 0 heterocycles. The molecule has 0 aromatic carbocycles. The van der Waals surface area contributed by atoms with Gasteiger partial charge in [-0.3, -0.25) is 0 Å². The maximum Gasteiger partial charge on any atom is 0.0724 e. The summed E-state index contributed by atoms with van der Waals surface area (Å²) in [5, 5.41) is 12.3. The maximum absolute atomic E-state index is 9.19. The van der Waals surface area contributed by atoms with Crippen LogP contribution in [-0.2, 0) is 0 Å². The van der Waals surface area contributed by atoms with Crippen LogP contribution < -0.4 is 5.32 Å². The van der Waals surface area contributed by atoms with Crippen LogP contribution in [0, 0.1) is 5.92 Å². The molecule has 0 aromatic heterocycles. The van der Waals surface area contributed by atoms with Gasteiger partial charge in [0, 0.05) is 0 Å². The SMILES string of the molecule is CNCC1CC=CC(O)C1. The van der Waals surface area contributed by atoms with Crippen LogP contribution in [-0.4, -0.2) is 24.8 Å². The lowest BCUT2D eigenvalue weighted by molar-refractivity contribution is 0.178. The molecule has 2 nitrogen and oxygen atoms in total. The second-order valence-electron chi connectivity index (χ2n) is 2.89. The van der Waals surface area contributed by atoms with Gasteiger partial charge in [0.1, 0.15) is 0 Å². The largest absolute Gasteiger partial charge is 0.389 e. The summed E-state index contributed by atoms with van der Waals surface area (Å²) >= 11 is 0. The Kier molecular flexibility index (Phi) is 2.90. The monoisotopic (exact) mass is 141 g/mol. The maximum atomic E-state index is 9.19. The summed E-state index contributed by atoms with van der Waals surface area (Å²) in [6, 6.07) is 0. The van der Waals surface area contributed by atoms with Crippen molar-refractivity contribution in [1.82, 2.24) is 5.32 Å². The van der Waals surface area contributed by atoms with Gasteiger partial charge in [0.2, 0.25) is 0 Å². The van der Waals surface area contributed by atoms with Crippen molar-refractivity contribution in [1.29, 1.82) is 0 Å². The summed E-state index contributed by atoms with van der Waals surface area (Å²) in [4.78, 5) is 0. The molecule has 0 aromatic rings. The van der Waals surface area contributed by atoms with Gasteiger partial charge in [-0.1, -0.05) is 12.2 Å². The number of aliphatic hydroxyl groups is 1. The van der Waals surface area contributed by atoms with Gasteiger partial charge < -0.3 is 10.4 Å². The third kappa shape index (κ3) is 2.12. The van der Waals surface area contributed by atoms with Crippen LogP contribution in [0.15, 0.2) is 12.2 Å². The molecular formula is C8H15NO. The lowest BCUT2D eigenvalue weighted by Gasteiger charge is -2.20. The van der Waals surface area contributed by atoms with Crippen molar-refractivity contribution in [3.63, 3.8) is 0 Å². The fraction of sp³-hybridized carbons (Fsp3) is 0.750. The van der Waals surface area contributed by atoms with Gasteiger partial charge in [0.15, 0.2) is 0 Å². The van der Waals surface area contributed by atoms with E-state index in [0.717, 1.165) is 19.4 Å². The minimum Gasteiger partial charge on any atom is -0.389 e. The molecule has 1 aliphatic rings. The molecule has 58 valence electrons. The molecule has 0 amide bonds. The zero-order chi connectivity index (χ0) is 7.40. The minimum absolute atomic E-state index is 0.202. The van der Waals surface area contributed by atoms with E-state index in [1.165, 1.54) is 0 Å². The third-order valence-electron chi connectivity index (χ3n) is 1.90. The topological polar surface area (TPSA) is 32.3 Å². The number of allylic oxidation sites excluding steroid dienone is 1. The Morgan fingerprint density at radius 3 is 3.10 bits per heavy atom. The summed E-state index contributed by atoms with van der Waals surface area (Å²) in [6.07, 6.45) is 5.77. The van der Waals surface area contributed by atoms with E-state index in [-0.39, 0.29) is 6.10 Å². The zero-order valence-electron chi connectivity index (χ0n) is 6.38. The van der Waals surface area contributed by atoms with Crippen LogP contribution >= 0.6 is 0 Å². The van der Waals surface area contributed by atoms with E-state index in [0.29, 0.717) is 5.92 Å². The fourth-order valence-corrected chi connectivity index (χ4v) is 1.40. The Hall–Kier alpha value is -0.340. The van der Waals surface area contributed by atoms with Gasteiger partial charge in [-0.25, -0.2) is 0 Å². The van der Waals surface area contributed by atoms with Crippen molar-refractivity contribution in [2.75, 3.05) is 13.6 Å². The van der Waals surface area contributed by atoms with E-state index in [1.54, 1.807) is 0 Å². The molecular weight excluding hydrogens is 126 g/mol. The highest BCUT2D eigenvalue weighted by molar-refractivity contribution is 4.96. The van der Waals surface area contributed by atoms with Crippen molar-refractivity contribution < 1.29 is 5.11 Å². The van der Waals surface area contributed by atoms with Gasteiger partial charge in [-0.05, 0) is 32.4 Å². The Morgan fingerprint density at radius 2 is 2.50 bits per heavy atom. The van der Waals surface area contributed by atoms with Gasteiger partial charge in [-0.15, -0.1) is 0 Å². The summed E-state index contributed by atoms with van der Waals surface area (Å²) in [5.41, 5.74) is 0. The lowest BCUT2D eigenvalue weighted by atomic mass is 9.93. The Labute approximate surface area is 61.9 Å². The lowest BCUT2D eigenvalue weighted by Crippen LogP contribution is -2.24. The molecule has 0 saturated carbocycles. The van der Waals surface area contributed by atoms with Crippen LogP contribution in [0.25, 0.3) is 0 Å². The number of rotatable bonds is 2. The third-order valence-corrected chi connectivity index (χ3v) is 1.90. The first kappa shape index (κ1) is 7.76. The predicted molar refractivity (Wildman–Crippen MR) is 41.8 cm³/mol. The highest BCUT2D eigenvalue weighted by Crippen LogP contribution is 2.17. The van der Waals surface area contributed by atoms with E-state index in [9.17, 15) is 5.11 Å². The minimum atomic E-state index is -0.202. The van der Waals surface area contributed by atoms with Crippen LogP contribution in [0.4, 0.5) is 0 Å². The zero-order valence-corrected chi connectivity index (χ0v) is 6.38. The molecule has 1 aliphatic carbocycles. The number of aliphatic hydroxyl groups excluding tert-OH is 1. The van der Waals surface area contributed by atoms with Gasteiger partial charge in [0.25, 0.3) is 0 Å². The van der Waals surface area contributed by atoms with E-state index in [1.807, 2.05) is 13.1 Å². The molecule has 2 unspecified atom stereocenters. The highest BCUT2D eigenvalue weighted by Gasteiger charge is 2.14. The first-order chi connectivity index (χ1) is 4.83. The number of hydrogen-bond acceptors (Lipinski definition) is 2. The molecule has 2 heteroatoms. The van der Waals surface area contributed by atoms with E-state index in [4.69, 9.17) is 0 Å². The smallest absolute Gasteiger partial charge is 0.0724 e. The molecule has 0 fully saturated rings. The molecule has 0 bridgehead atoms. The fourth-order valence-electron chi connectivity index (χ4n) is 1.40. The summed E-state index contributed by atoms with van der Waals surface area (Å²) in [6.45, 7) is 1.02. The molecule has 2 N–H and O–H groups in total. The Balaban J connectivity index is 2.29. The van der Waals surface area contributed by atoms with Crippen LogP contribution in [0.3, 0.4) is 0 Å². The van der Waals surface area contributed by atoms with Crippen LogP contribution in [0.5, 0.6) is 0 Å². The molecule has 0 saturated heterocycles. The summed E-state index contributed by atoms with van der Waals surface area (Å²) in [7, 11) is 1.95. The van der Waals surface area contributed by atoms with Crippen molar-refractivity contribution in [2.24, 2.45) is 5.92 Å². The normalized spacial score (nSPS) is 32.6. The molecule has 0 aliphatic heterocycles. The van der Waals surface area contributed by atoms with Crippen LogP contribution in [0.2, 0.25) is 0 Å². The quantitative estimate of drug-likeness (QED) is 0.550. The van der Waals surface area contributed by atoms with Crippen molar-refractivity contribution in [3.8, 4) is 0 Å². The van der Waals surface area contributed by atoms with Gasteiger partial charge in [-0.2, -0.15) is 0 Å². The predicted octanol–water partition coefficient (Wildman–Crippen LogP) is 0.533. The van der Waals surface area contributed by atoms with E-state index >= 15 is 0 Å². The first-order valence-electron chi connectivity index (χ1n) is 3.82. The van der Waals surface area contributed by atoms with Crippen molar-refractivity contribution >= 4 is 0 Å². The summed E-state index contributed by atoms with van der Waals surface area (Å²) in [5.74, 6) is 0.630. The Morgan fingerprint density at radius 1 is 1.70 bits per heavy atom.